The zero-order valence-electron chi connectivity index (χ0n) is 11.4. The summed E-state index contributed by atoms with van der Waals surface area (Å²) < 4.78 is 11.5. The van der Waals surface area contributed by atoms with Gasteiger partial charge in [-0.2, -0.15) is 0 Å². The minimum absolute atomic E-state index is 0.228. The summed E-state index contributed by atoms with van der Waals surface area (Å²) in [5.41, 5.74) is 6.40. The summed E-state index contributed by atoms with van der Waals surface area (Å²) in [7, 11) is 0. The van der Waals surface area contributed by atoms with Crippen molar-refractivity contribution in [3.05, 3.63) is 21.4 Å². The van der Waals surface area contributed by atoms with Gasteiger partial charge in [0.1, 0.15) is 0 Å². The van der Waals surface area contributed by atoms with E-state index in [2.05, 4.69) is 28.9 Å². The Bertz CT molecular complexity index is 354. The number of rotatable bonds is 4. The quantitative estimate of drug-likeness (QED) is 0.837. The number of allylic oxidation sites excluding steroid dienone is 1. The lowest BCUT2D eigenvalue weighted by Gasteiger charge is -2.42. The van der Waals surface area contributed by atoms with Crippen molar-refractivity contribution in [3.63, 3.8) is 0 Å². The molecule has 1 saturated carbocycles. The van der Waals surface area contributed by atoms with E-state index < -0.39 is 0 Å². The van der Waals surface area contributed by atoms with E-state index in [1.165, 1.54) is 4.91 Å². The van der Waals surface area contributed by atoms with Gasteiger partial charge in [0, 0.05) is 23.3 Å². The molecule has 0 aromatic heterocycles. The highest BCUT2D eigenvalue weighted by molar-refractivity contribution is 9.11. The molecule has 19 heavy (non-hydrogen) atoms. The van der Waals surface area contributed by atoms with Gasteiger partial charge in [0.15, 0.2) is 5.79 Å². The van der Waals surface area contributed by atoms with Crippen LogP contribution in [-0.4, -0.2) is 24.5 Å². The first-order valence-corrected chi connectivity index (χ1v) is 8.63. The Kier molecular flexibility index (Phi) is 5.55. The van der Waals surface area contributed by atoms with Gasteiger partial charge < -0.3 is 15.2 Å². The van der Waals surface area contributed by atoms with Crippen LogP contribution in [0.4, 0.5) is 0 Å². The molecule has 0 aromatic rings. The molecule has 0 unspecified atom stereocenters. The van der Waals surface area contributed by atoms with Crippen molar-refractivity contribution in [3.8, 4) is 0 Å². The molecule has 0 radical (unpaired) electrons. The van der Waals surface area contributed by atoms with Crippen molar-refractivity contribution in [2.45, 2.75) is 50.4 Å². The summed E-state index contributed by atoms with van der Waals surface area (Å²) in [6.45, 7) is 3.59. The van der Waals surface area contributed by atoms with Crippen LogP contribution < -0.4 is 5.73 Å². The molecule has 108 valence electrons. The Balaban J connectivity index is 2.04. The second-order valence-electron chi connectivity index (χ2n) is 5.12. The van der Waals surface area contributed by atoms with Gasteiger partial charge in [0.25, 0.3) is 0 Å². The molecule has 0 aromatic carbocycles. The second kappa shape index (κ2) is 6.76. The van der Waals surface area contributed by atoms with Crippen molar-refractivity contribution in [2.24, 2.45) is 5.73 Å². The molecule has 0 amide bonds. The fraction of sp³-hybridized carbons (Fsp3) is 0.714. The number of halogens is 1. The minimum atomic E-state index is -0.337. The highest BCUT2D eigenvalue weighted by Crippen LogP contribution is 2.44. The van der Waals surface area contributed by atoms with Gasteiger partial charge in [-0.05, 0) is 29.7 Å². The Labute approximate surface area is 128 Å². The molecule has 2 aliphatic rings. The van der Waals surface area contributed by atoms with Crippen molar-refractivity contribution in [2.75, 3.05) is 13.2 Å². The summed E-state index contributed by atoms with van der Waals surface area (Å²) >= 11 is 5.02. The van der Waals surface area contributed by atoms with E-state index in [0.29, 0.717) is 0 Å². The molecule has 1 saturated heterocycles. The molecule has 5 heteroatoms. The third kappa shape index (κ3) is 3.64. The first kappa shape index (κ1) is 15.6. The van der Waals surface area contributed by atoms with Crippen LogP contribution in [0.15, 0.2) is 21.4 Å². The fourth-order valence-corrected chi connectivity index (χ4v) is 3.99. The zero-order chi connectivity index (χ0) is 13.8. The van der Waals surface area contributed by atoms with Crippen molar-refractivity contribution >= 4 is 27.7 Å². The van der Waals surface area contributed by atoms with Gasteiger partial charge in [-0.15, -0.1) is 11.8 Å². The summed E-state index contributed by atoms with van der Waals surface area (Å²) in [4.78, 5) is 3.14. The lowest BCUT2D eigenvalue weighted by atomic mass is 9.79. The average molecular weight is 348 g/mol. The SMILES string of the molecule is CC/C=C(\S/C=C/Br)C1(N)CCC2(CC1)OCCO2. The van der Waals surface area contributed by atoms with Crippen molar-refractivity contribution in [1.29, 1.82) is 0 Å². The maximum absolute atomic E-state index is 6.63. The predicted octanol–water partition coefficient (Wildman–Crippen LogP) is 3.89. The molecule has 1 heterocycles. The van der Waals surface area contributed by atoms with Crippen LogP contribution in [0.2, 0.25) is 0 Å². The third-order valence-corrected chi connectivity index (χ3v) is 5.56. The highest BCUT2D eigenvalue weighted by Gasteiger charge is 2.45. The molecule has 0 atom stereocenters. The van der Waals surface area contributed by atoms with Gasteiger partial charge in [0.05, 0.1) is 13.2 Å². The molecular weight excluding hydrogens is 326 g/mol. The minimum Gasteiger partial charge on any atom is -0.348 e. The van der Waals surface area contributed by atoms with Gasteiger partial charge >= 0.3 is 0 Å². The molecule has 1 aliphatic heterocycles. The molecular formula is C14H22BrNO2S. The van der Waals surface area contributed by atoms with Crippen LogP contribution in [0.1, 0.15) is 39.0 Å². The Morgan fingerprint density at radius 3 is 2.42 bits per heavy atom. The number of ether oxygens (including phenoxy) is 2. The largest absolute Gasteiger partial charge is 0.348 e. The van der Waals surface area contributed by atoms with Crippen molar-refractivity contribution < 1.29 is 9.47 Å². The summed E-state index contributed by atoms with van der Waals surface area (Å²) in [5.74, 6) is -0.337. The molecule has 1 spiro atoms. The highest BCUT2D eigenvalue weighted by atomic mass is 79.9. The average Bonchev–Trinajstić information content (AvgIpc) is 2.87. The van der Waals surface area contributed by atoms with Crippen LogP contribution in [0.3, 0.4) is 0 Å². The van der Waals surface area contributed by atoms with Crippen LogP contribution in [-0.2, 0) is 9.47 Å². The number of nitrogens with two attached hydrogens (primary N) is 1. The first-order chi connectivity index (χ1) is 9.14. The Morgan fingerprint density at radius 1 is 1.26 bits per heavy atom. The van der Waals surface area contributed by atoms with E-state index in [1.807, 2.05) is 10.4 Å². The topological polar surface area (TPSA) is 44.5 Å². The monoisotopic (exact) mass is 347 g/mol. The standard InChI is InChI=1S/C14H22BrNO2S/c1-2-3-12(19-11-8-15)13(16)4-6-14(7-5-13)17-9-10-18-14/h3,8,11H,2,4-7,9-10,16H2,1H3/b11-8+,12-3-. The van der Waals surface area contributed by atoms with E-state index in [4.69, 9.17) is 15.2 Å². The third-order valence-electron chi connectivity index (χ3n) is 3.84. The van der Waals surface area contributed by atoms with Gasteiger partial charge in [-0.3, -0.25) is 0 Å². The number of hydrogen-bond acceptors (Lipinski definition) is 4. The molecule has 2 rings (SSSR count). The van der Waals surface area contributed by atoms with E-state index in [9.17, 15) is 0 Å². The normalized spacial score (nSPS) is 26.4. The maximum atomic E-state index is 6.63. The number of thioether (sulfide) groups is 1. The van der Waals surface area contributed by atoms with E-state index >= 15 is 0 Å². The van der Waals surface area contributed by atoms with E-state index in [-0.39, 0.29) is 11.3 Å². The maximum Gasteiger partial charge on any atom is 0.168 e. The molecule has 2 N–H and O–H groups in total. The zero-order valence-corrected chi connectivity index (χ0v) is 13.8. The van der Waals surface area contributed by atoms with E-state index in [1.54, 1.807) is 11.8 Å². The van der Waals surface area contributed by atoms with Crippen LogP contribution in [0.5, 0.6) is 0 Å². The molecule has 0 bridgehead atoms. The predicted molar refractivity (Wildman–Crippen MR) is 84.1 cm³/mol. The summed E-state index contributed by atoms with van der Waals surface area (Å²) in [6.07, 6.45) is 6.87. The first-order valence-electron chi connectivity index (χ1n) is 6.83. The lowest BCUT2D eigenvalue weighted by Crippen LogP contribution is -2.49. The van der Waals surface area contributed by atoms with Crippen LogP contribution in [0, 0.1) is 0 Å². The Morgan fingerprint density at radius 2 is 1.89 bits per heavy atom. The lowest BCUT2D eigenvalue weighted by molar-refractivity contribution is -0.182. The van der Waals surface area contributed by atoms with Gasteiger partial charge in [0.2, 0.25) is 0 Å². The van der Waals surface area contributed by atoms with Gasteiger partial charge in [-0.1, -0.05) is 28.9 Å². The van der Waals surface area contributed by atoms with Crippen LogP contribution >= 0.6 is 27.7 Å². The van der Waals surface area contributed by atoms with E-state index in [0.717, 1.165) is 45.3 Å². The Hall–Kier alpha value is 0.190. The van der Waals surface area contributed by atoms with Crippen LogP contribution in [0.25, 0.3) is 0 Å². The molecule has 3 nitrogen and oxygen atoms in total. The molecule has 1 aliphatic carbocycles. The molecule has 2 fully saturated rings. The summed E-state index contributed by atoms with van der Waals surface area (Å²) in [5, 5.41) is 2.03. The smallest absolute Gasteiger partial charge is 0.168 e. The van der Waals surface area contributed by atoms with Gasteiger partial charge in [-0.25, -0.2) is 0 Å². The van der Waals surface area contributed by atoms with Crippen molar-refractivity contribution in [1.82, 2.24) is 0 Å². The number of hydrogen-bond donors (Lipinski definition) is 1. The fourth-order valence-electron chi connectivity index (χ4n) is 2.76. The second-order valence-corrected chi connectivity index (χ2v) is 6.60. The summed E-state index contributed by atoms with van der Waals surface area (Å²) in [6, 6.07) is 0.